The number of fused-ring (bicyclic) bond motifs is 1. The second-order valence-electron chi connectivity index (χ2n) is 9.89. The molecule has 0 N–H and O–H groups in total. The zero-order chi connectivity index (χ0) is 23.9. The zero-order valence-electron chi connectivity index (χ0n) is 19.1. The molecule has 7 nitrogen and oxygen atoms in total. The summed E-state index contributed by atoms with van der Waals surface area (Å²) in [7, 11) is 0. The van der Waals surface area contributed by atoms with Crippen molar-refractivity contribution in [2.75, 3.05) is 26.2 Å². The summed E-state index contributed by atoms with van der Waals surface area (Å²) in [6.45, 7) is 5.42. The Bertz CT molecular complexity index is 834. The van der Waals surface area contributed by atoms with Gasteiger partial charge in [-0.1, -0.05) is 6.92 Å². The van der Waals surface area contributed by atoms with Crippen LogP contribution in [0.5, 0.6) is 0 Å². The van der Waals surface area contributed by atoms with E-state index in [0.29, 0.717) is 19.4 Å². The molecule has 1 fully saturated rings. The highest BCUT2D eigenvalue weighted by atomic mass is 19.3. The SMILES string of the molecule is CC1CC(C2C=NCC(OCC(F)F)C2)N=C2C1C(=O)N(C1C=NN(CC(F)F)C1)C2(C)C. The fourth-order valence-electron chi connectivity index (χ4n) is 5.64. The molecule has 0 aromatic heterocycles. The van der Waals surface area contributed by atoms with Crippen LogP contribution in [0.4, 0.5) is 17.6 Å². The second-order valence-corrected chi connectivity index (χ2v) is 9.89. The first kappa shape index (κ1) is 24.1. The Kier molecular flexibility index (Phi) is 6.80. The van der Waals surface area contributed by atoms with E-state index in [1.807, 2.05) is 27.0 Å². The van der Waals surface area contributed by atoms with Gasteiger partial charge in [0.15, 0.2) is 0 Å². The van der Waals surface area contributed by atoms with Crippen LogP contribution in [-0.4, -0.2) is 96.8 Å². The predicted octanol–water partition coefficient (Wildman–Crippen LogP) is 2.75. The van der Waals surface area contributed by atoms with E-state index in [2.05, 4.69) is 10.1 Å². The quantitative estimate of drug-likeness (QED) is 0.534. The molecule has 0 spiro atoms. The number of nitrogens with zero attached hydrogens (tertiary/aromatic N) is 5. The summed E-state index contributed by atoms with van der Waals surface area (Å²) in [5.41, 5.74) is 0.102. The number of carbonyl (C=O) groups is 1. The molecule has 11 heteroatoms. The van der Waals surface area contributed by atoms with Crippen LogP contribution in [0.2, 0.25) is 0 Å². The third-order valence-corrected chi connectivity index (χ3v) is 7.09. The van der Waals surface area contributed by atoms with Crippen molar-refractivity contribution in [2.24, 2.45) is 32.8 Å². The summed E-state index contributed by atoms with van der Waals surface area (Å²) in [5.74, 6) is -0.423. The molecule has 184 valence electrons. The highest BCUT2D eigenvalue weighted by molar-refractivity contribution is 6.16. The van der Waals surface area contributed by atoms with Crippen LogP contribution >= 0.6 is 0 Å². The Morgan fingerprint density at radius 1 is 1.18 bits per heavy atom. The van der Waals surface area contributed by atoms with Gasteiger partial charge in [0.2, 0.25) is 5.91 Å². The van der Waals surface area contributed by atoms with Gasteiger partial charge in [0.05, 0.1) is 55.0 Å². The third-order valence-electron chi connectivity index (χ3n) is 7.09. The van der Waals surface area contributed by atoms with Crippen molar-refractivity contribution in [1.82, 2.24) is 9.91 Å². The normalized spacial score (nSPS) is 35.7. The Hall–Kier alpha value is -2.04. The van der Waals surface area contributed by atoms with Gasteiger partial charge in [-0.15, -0.1) is 0 Å². The number of halogens is 4. The van der Waals surface area contributed by atoms with E-state index in [1.54, 1.807) is 11.1 Å². The van der Waals surface area contributed by atoms with Crippen molar-refractivity contribution in [3.05, 3.63) is 0 Å². The predicted molar refractivity (Wildman–Crippen MR) is 116 cm³/mol. The second kappa shape index (κ2) is 9.31. The highest BCUT2D eigenvalue weighted by Crippen LogP contribution is 2.43. The summed E-state index contributed by atoms with van der Waals surface area (Å²) >= 11 is 0. The largest absolute Gasteiger partial charge is 0.370 e. The van der Waals surface area contributed by atoms with Gasteiger partial charge in [0.25, 0.3) is 12.9 Å². The lowest BCUT2D eigenvalue weighted by Crippen LogP contribution is -2.52. The van der Waals surface area contributed by atoms with E-state index in [9.17, 15) is 22.4 Å². The first-order valence-corrected chi connectivity index (χ1v) is 11.5. The maximum Gasteiger partial charge on any atom is 0.261 e. The van der Waals surface area contributed by atoms with Crippen LogP contribution < -0.4 is 0 Å². The van der Waals surface area contributed by atoms with E-state index in [0.717, 1.165) is 5.71 Å². The number of likely N-dealkylation sites (tertiary alicyclic amines) is 1. The van der Waals surface area contributed by atoms with Crippen LogP contribution in [-0.2, 0) is 9.53 Å². The monoisotopic (exact) mass is 473 g/mol. The van der Waals surface area contributed by atoms with Gasteiger partial charge < -0.3 is 9.64 Å². The average molecular weight is 474 g/mol. The van der Waals surface area contributed by atoms with Crippen LogP contribution in [0.1, 0.15) is 33.6 Å². The summed E-state index contributed by atoms with van der Waals surface area (Å²) < 4.78 is 55.9. The molecule has 0 aromatic rings. The van der Waals surface area contributed by atoms with E-state index >= 15 is 0 Å². The molecule has 6 atom stereocenters. The molecule has 0 saturated carbocycles. The molecule has 4 aliphatic rings. The van der Waals surface area contributed by atoms with E-state index < -0.39 is 37.6 Å². The van der Waals surface area contributed by atoms with E-state index in [1.165, 1.54) is 5.01 Å². The maximum absolute atomic E-state index is 13.5. The van der Waals surface area contributed by atoms with Crippen molar-refractivity contribution in [1.29, 1.82) is 0 Å². The molecule has 0 aromatic carbocycles. The minimum Gasteiger partial charge on any atom is -0.370 e. The molecule has 6 unspecified atom stereocenters. The van der Waals surface area contributed by atoms with Gasteiger partial charge in [0.1, 0.15) is 6.61 Å². The molecule has 0 bridgehead atoms. The van der Waals surface area contributed by atoms with E-state index in [4.69, 9.17) is 9.73 Å². The Morgan fingerprint density at radius 3 is 2.64 bits per heavy atom. The number of hydrazone groups is 1. The van der Waals surface area contributed by atoms with Crippen LogP contribution in [0.25, 0.3) is 0 Å². The Labute approximate surface area is 190 Å². The molecule has 0 aliphatic carbocycles. The third kappa shape index (κ3) is 4.79. The lowest BCUT2D eigenvalue weighted by atomic mass is 9.75. The fourth-order valence-corrected chi connectivity index (χ4v) is 5.64. The first-order valence-electron chi connectivity index (χ1n) is 11.5. The number of carbonyl (C=O) groups excluding carboxylic acids is 1. The van der Waals surface area contributed by atoms with Gasteiger partial charge in [-0.05, 0) is 32.6 Å². The number of hydrogen-bond donors (Lipinski definition) is 0. The van der Waals surface area contributed by atoms with Gasteiger partial charge in [-0.25, -0.2) is 17.6 Å². The highest BCUT2D eigenvalue weighted by Gasteiger charge is 2.57. The number of alkyl halides is 4. The topological polar surface area (TPSA) is 69.9 Å². The molecular weight excluding hydrogens is 442 g/mol. The number of ether oxygens (including phenoxy) is 1. The van der Waals surface area contributed by atoms with Gasteiger partial charge in [-0.3, -0.25) is 19.8 Å². The summed E-state index contributed by atoms with van der Waals surface area (Å²) in [4.78, 5) is 24.6. The van der Waals surface area contributed by atoms with Crippen LogP contribution in [0, 0.1) is 17.8 Å². The minimum absolute atomic E-state index is 0.0329. The zero-order valence-corrected chi connectivity index (χ0v) is 19.1. The lowest BCUT2D eigenvalue weighted by molar-refractivity contribution is -0.135. The number of amides is 1. The van der Waals surface area contributed by atoms with Crippen LogP contribution in [0.15, 0.2) is 15.1 Å². The molecule has 1 saturated heterocycles. The minimum atomic E-state index is -2.52. The average Bonchev–Trinajstić information content (AvgIpc) is 3.25. The Balaban J connectivity index is 1.52. The van der Waals surface area contributed by atoms with Crippen molar-refractivity contribution >= 4 is 24.0 Å². The van der Waals surface area contributed by atoms with Crippen molar-refractivity contribution < 1.29 is 27.1 Å². The Morgan fingerprint density at radius 2 is 1.94 bits per heavy atom. The number of aliphatic imine (C=N–C) groups is 2. The van der Waals surface area contributed by atoms with Crippen molar-refractivity contribution in [2.45, 2.75) is 70.2 Å². The number of rotatable bonds is 7. The molecule has 4 aliphatic heterocycles. The molecule has 4 rings (SSSR count). The maximum atomic E-state index is 13.5. The molecular formula is C22H31F4N5O2. The lowest BCUT2D eigenvalue weighted by Gasteiger charge is -2.38. The molecule has 0 radical (unpaired) electrons. The smallest absolute Gasteiger partial charge is 0.261 e. The van der Waals surface area contributed by atoms with Crippen LogP contribution in [0.3, 0.4) is 0 Å². The van der Waals surface area contributed by atoms with Gasteiger partial charge in [-0.2, -0.15) is 5.10 Å². The van der Waals surface area contributed by atoms with Gasteiger partial charge >= 0.3 is 0 Å². The number of hydrogen-bond acceptors (Lipinski definition) is 6. The summed E-state index contributed by atoms with van der Waals surface area (Å²) in [6.07, 6.45) is -0.729. The molecule has 33 heavy (non-hydrogen) atoms. The van der Waals surface area contributed by atoms with Crippen molar-refractivity contribution in [3.63, 3.8) is 0 Å². The fraction of sp³-hybridized carbons (Fsp3) is 0.818. The summed E-state index contributed by atoms with van der Waals surface area (Å²) in [6, 6.07) is -0.513. The summed E-state index contributed by atoms with van der Waals surface area (Å²) in [5, 5.41) is 5.37. The molecule has 1 amide bonds. The first-order chi connectivity index (χ1) is 15.6. The van der Waals surface area contributed by atoms with Gasteiger partial charge in [0, 0.05) is 18.3 Å². The standard InChI is InChI=1S/C22H31F4N5O2/c1-12-4-16(13-5-15(8-27-6-13)33-11-18(25)26)29-20-19(12)21(32)31(22(20,2)3)14-7-28-30(9-14)10-17(23)24/h6-7,12-19H,4-5,8-11H2,1-3H3. The van der Waals surface area contributed by atoms with E-state index in [-0.39, 0.29) is 42.4 Å². The van der Waals surface area contributed by atoms with Crippen molar-refractivity contribution in [3.8, 4) is 0 Å². The molecule has 4 heterocycles.